The number of nitrogens with zero attached hydrogens (tertiary/aromatic N) is 2. The average molecular weight is 293 g/mol. The molecule has 0 radical (unpaired) electrons. The van der Waals surface area contributed by atoms with Crippen molar-refractivity contribution >= 4 is 23.5 Å². The molecule has 2 aliphatic heterocycles. The van der Waals surface area contributed by atoms with Crippen molar-refractivity contribution in [2.75, 3.05) is 6.54 Å². The lowest BCUT2D eigenvalue weighted by Gasteiger charge is -2.33. The summed E-state index contributed by atoms with van der Waals surface area (Å²) in [5.74, 6) is -0.550. The lowest BCUT2D eigenvalue weighted by atomic mass is 9.88. The first-order valence-electron chi connectivity index (χ1n) is 6.76. The minimum absolute atomic E-state index is 0.0444. The fraction of sp³-hybridized carbons (Fsp3) is 0.429. The second-order valence-electron chi connectivity index (χ2n) is 5.31. The Balaban J connectivity index is 2.00. The van der Waals surface area contributed by atoms with Gasteiger partial charge in [0, 0.05) is 17.5 Å². The van der Waals surface area contributed by atoms with Crippen LogP contribution in [-0.2, 0) is 4.79 Å². The smallest absolute Gasteiger partial charge is 0.296 e. The first-order chi connectivity index (χ1) is 9.58. The van der Waals surface area contributed by atoms with Gasteiger partial charge in [0.2, 0.25) is 0 Å². The first kappa shape index (κ1) is 13.2. The van der Waals surface area contributed by atoms with Gasteiger partial charge in [0.15, 0.2) is 5.96 Å². The Kier molecular flexibility index (Phi) is 3.30. The lowest BCUT2D eigenvalue weighted by Crippen LogP contribution is -2.38. The van der Waals surface area contributed by atoms with E-state index in [2.05, 4.69) is 16.0 Å². The Morgan fingerprint density at radius 2 is 2.15 bits per heavy atom. The van der Waals surface area contributed by atoms with Gasteiger partial charge in [0.05, 0.1) is 6.04 Å². The van der Waals surface area contributed by atoms with Gasteiger partial charge in [-0.05, 0) is 37.0 Å². The Labute approximate surface area is 122 Å². The van der Waals surface area contributed by atoms with Crippen LogP contribution in [-0.4, -0.2) is 29.4 Å². The van der Waals surface area contributed by atoms with Crippen LogP contribution in [0.2, 0.25) is 0 Å². The topological polar surface area (TPSA) is 84.7 Å². The predicted octanol–water partition coefficient (Wildman–Crippen LogP) is 1.22. The molecule has 20 heavy (non-hydrogen) atoms. The van der Waals surface area contributed by atoms with E-state index in [1.165, 1.54) is 5.57 Å². The van der Waals surface area contributed by atoms with Crippen LogP contribution in [0.4, 0.5) is 0 Å². The average Bonchev–Trinajstić information content (AvgIpc) is 2.64. The van der Waals surface area contributed by atoms with Crippen LogP contribution in [0.25, 0.3) is 0 Å². The number of aliphatic imine (C=N–C) groups is 1. The van der Waals surface area contributed by atoms with Crippen LogP contribution < -0.4 is 11.5 Å². The molecule has 0 aromatic carbocycles. The highest BCUT2D eigenvalue weighted by Gasteiger charge is 2.42. The van der Waals surface area contributed by atoms with Crippen molar-refractivity contribution in [3.05, 3.63) is 34.5 Å². The molecule has 4 N–H and O–H groups in total. The second-order valence-corrected chi connectivity index (χ2v) is 5.74. The van der Waals surface area contributed by atoms with Crippen LogP contribution in [0.3, 0.4) is 0 Å². The maximum absolute atomic E-state index is 12.2. The second kappa shape index (κ2) is 4.98. The third-order valence-corrected chi connectivity index (χ3v) is 4.42. The zero-order valence-electron chi connectivity index (χ0n) is 11.1. The number of allylic oxidation sites excluding steroid dienone is 2. The summed E-state index contributed by atoms with van der Waals surface area (Å²) in [5.41, 5.74) is 12.5. The molecule has 0 aromatic heterocycles. The van der Waals surface area contributed by atoms with E-state index in [0.29, 0.717) is 5.70 Å². The Hall–Kier alpha value is -1.75. The maximum atomic E-state index is 12.2. The molecule has 106 valence electrons. The van der Waals surface area contributed by atoms with Gasteiger partial charge in [-0.2, -0.15) is 4.99 Å². The molecule has 3 aliphatic rings. The highest BCUT2D eigenvalue weighted by Crippen LogP contribution is 2.43. The van der Waals surface area contributed by atoms with Crippen molar-refractivity contribution in [1.82, 2.24) is 4.90 Å². The zero-order chi connectivity index (χ0) is 14.3. The van der Waals surface area contributed by atoms with E-state index >= 15 is 0 Å². The fourth-order valence-electron chi connectivity index (χ4n) is 3.23. The first-order valence-corrected chi connectivity index (χ1v) is 7.14. The van der Waals surface area contributed by atoms with Gasteiger partial charge in [-0.15, -0.1) is 0 Å². The van der Waals surface area contributed by atoms with Crippen molar-refractivity contribution in [2.45, 2.75) is 25.3 Å². The van der Waals surface area contributed by atoms with E-state index in [-0.39, 0.29) is 23.8 Å². The molecular formula is C14H17ClN4O. The summed E-state index contributed by atoms with van der Waals surface area (Å²) in [6, 6.07) is 0.156. The summed E-state index contributed by atoms with van der Waals surface area (Å²) in [7, 11) is 0. The molecule has 3 rings (SSSR count). The van der Waals surface area contributed by atoms with Crippen molar-refractivity contribution in [1.29, 1.82) is 0 Å². The standard InChI is InChI=1S/C14H17ClN4O/c15-10-5-4-8-3-1-2-6-19-11(7-9(10)12(8)19)13(20)18-14(16)17/h4-5,7,9,12H,1-3,6H2,(H4,16,17,18,20). The Morgan fingerprint density at radius 1 is 1.35 bits per heavy atom. The fourth-order valence-corrected chi connectivity index (χ4v) is 3.47. The highest BCUT2D eigenvalue weighted by atomic mass is 35.5. The van der Waals surface area contributed by atoms with Crippen molar-refractivity contribution in [3.63, 3.8) is 0 Å². The van der Waals surface area contributed by atoms with Gasteiger partial charge in [0.25, 0.3) is 5.91 Å². The van der Waals surface area contributed by atoms with Crippen LogP contribution >= 0.6 is 11.6 Å². The SMILES string of the molecule is NC(N)=NC(=O)C1=CC2C(Cl)=CC=C3CCCCN1C32. The van der Waals surface area contributed by atoms with Crippen LogP contribution in [0, 0.1) is 5.92 Å². The number of guanidine groups is 1. The third kappa shape index (κ3) is 2.12. The van der Waals surface area contributed by atoms with Crippen LogP contribution in [0.15, 0.2) is 39.5 Å². The predicted molar refractivity (Wildman–Crippen MR) is 78.8 cm³/mol. The summed E-state index contributed by atoms with van der Waals surface area (Å²) >= 11 is 6.31. The summed E-state index contributed by atoms with van der Waals surface area (Å²) in [6.07, 6.45) is 9.15. The molecule has 0 spiro atoms. The molecule has 0 aromatic rings. The number of hydrogen-bond acceptors (Lipinski definition) is 2. The summed E-state index contributed by atoms with van der Waals surface area (Å²) in [5, 5.41) is 0.762. The van der Waals surface area contributed by atoms with E-state index in [4.69, 9.17) is 23.1 Å². The third-order valence-electron chi connectivity index (χ3n) is 4.04. The van der Waals surface area contributed by atoms with Crippen molar-refractivity contribution in [3.8, 4) is 0 Å². The lowest BCUT2D eigenvalue weighted by molar-refractivity contribution is -0.115. The maximum Gasteiger partial charge on any atom is 0.296 e. The number of rotatable bonds is 1. The highest BCUT2D eigenvalue weighted by molar-refractivity contribution is 6.30. The van der Waals surface area contributed by atoms with Crippen LogP contribution in [0.1, 0.15) is 19.3 Å². The minimum Gasteiger partial charge on any atom is -0.370 e. The van der Waals surface area contributed by atoms with E-state index in [1.807, 2.05) is 12.2 Å². The number of amides is 1. The Bertz CT molecular complexity index is 572. The molecule has 5 nitrogen and oxygen atoms in total. The zero-order valence-corrected chi connectivity index (χ0v) is 11.8. The molecule has 0 bridgehead atoms. The van der Waals surface area contributed by atoms with Gasteiger partial charge in [0.1, 0.15) is 5.70 Å². The van der Waals surface area contributed by atoms with E-state index in [9.17, 15) is 4.79 Å². The molecule has 1 amide bonds. The van der Waals surface area contributed by atoms with Gasteiger partial charge >= 0.3 is 0 Å². The van der Waals surface area contributed by atoms with Gasteiger partial charge in [-0.25, -0.2) is 0 Å². The molecule has 2 atom stereocenters. The molecule has 0 saturated carbocycles. The number of halogens is 1. The molecule has 2 heterocycles. The number of carbonyl (C=O) groups is 1. The van der Waals surface area contributed by atoms with Gasteiger partial charge in [-0.1, -0.05) is 17.7 Å². The number of nitrogens with two attached hydrogens (primary N) is 2. The largest absolute Gasteiger partial charge is 0.370 e. The van der Waals surface area contributed by atoms with Gasteiger partial charge in [-0.3, -0.25) is 4.79 Å². The van der Waals surface area contributed by atoms with Gasteiger partial charge < -0.3 is 16.4 Å². The van der Waals surface area contributed by atoms with Crippen molar-refractivity contribution in [2.24, 2.45) is 22.4 Å². The Morgan fingerprint density at radius 3 is 2.90 bits per heavy atom. The summed E-state index contributed by atoms with van der Waals surface area (Å²) in [6.45, 7) is 0.834. The quantitative estimate of drug-likeness (QED) is 0.562. The van der Waals surface area contributed by atoms with Crippen LogP contribution in [0.5, 0.6) is 0 Å². The summed E-state index contributed by atoms with van der Waals surface area (Å²) < 4.78 is 0. The van der Waals surface area contributed by atoms with E-state index in [0.717, 1.165) is 30.8 Å². The molecule has 1 saturated heterocycles. The normalized spacial score (nSPS) is 27.9. The monoisotopic (exact) mass is 292 g/mol. The molecule has 6 heteroatoms. The van der Waals surface area contributed by atoms with Crippen molar-refractivity contribution < 1.29 is 4.79 Å². The number of hydrogen-bond donors (Lipinski definition) is 2. The molecule has 1 fully saturated rings. The number of carbonyl (C=O) groups excluding carboxylic acids is 1. The van der Waals surface area contributed by atoms with E-state index < -0.39 is 0 Å². The molecule has 2 unspecified atom stereocenters. The van der Waals surface area contributed by atoms with E-state index in [1.54, 1.807) is 0 Å². The summed E-state index contributed by atoms with van der Waals surface area (Å²) in [4.78, 5) is 17.9. The molecular weight excluding hydrogens is 276 g/mol. The molecule has 1 aliphatic carbocycles. The minimum atomic E-state index is -0.384.